The Morgan fingerprint density at radius 2 is 1.90 bits per heavy atom. The lowest BCUT2D eigenvalue weighted by molar-refractivity contribution is -0.138. The molecule has 3 atom stereocenters. The number of likely N-dealkylation sites (tertiary alicyclic amines) is 1. The molecule has 1 saturated heterocycles. The highest BCUT2D eigenvalue weighted by Crippen LogP contribution is 2.34. The van der Waals surface area contributed by atoms with Crippen molar-refractivity contribution in [1.29, 1.82) is 0 Å². The molecule has 0 aromatic heterocycles. The van der Waals surface area contributed by atoms with Gasteiger partial charge in [-0.3, -0.25) is 4.90 Å². The summed E-state index contributed by atoms with van der Waals surface area (Å²) < 4.78 is 39.2. The van der Waals surface area contributed by atoms with Crippen LogP contribution in [-0.4, -0.2) is 24.0 Å². The summed E-state index contributed by atoms with van der Waals surface area (Å²) in [6.45, 7) is 5.67. The maximum absolute atomic E-state index is 13.1. The molecule has 5 heteroatoms. The van der Waals surface area contributed by atoms with E-state index in [2.05, 4.69) is 18.7 Å². The molecule has 2 N–H and O–H groups in total. The van der Waals surface area contributed by atoms with Crippen molar-refractivity contribution in [3.05, 3.63) is 35.4 Å². The Morgan fingerprint density at radius 3 is 2.57 bits per heavy atom. The summed E-state index contributed by atoms with van der Waals surface area (Å²) in [5.74, 6) is 0.575. The zero-order valence-electron chi connectivity index (χ0n) is 12.5. The van der Waals surface area contributed by atoms with Gasteiger partial charge >= 0.3 is 6.18 Å². The highest BCUT2D eigenvalue weighted by atomic mass is 19.4. The van der Waals surface area contributed by atoms with Gasteiger partial charge in [-0.2, -0.15) is 13.2 Å². The molecule has 0 radical (unpaired) electrons. The molecule has 3 unspecified atom stereocenters. The number of hydrogen-bond acceptors (Lipinski definition) is 2. The first-order chi connectivity index (χ1) is 9.79. The third-order valence-corrected chi connectivity index (χ3v) is 4.34. The molecule has 1 heterocycles. The summed E-state index contributed by atoms with van der Waals surface area (Å²) in [5, 5.41) is 0. The van der Waals surface area contributed by atoms with Gasteiger partial charge < -0.3 is 5.73 Å². The summed E-state index contributed by atoms with van der Waals surface area (Å²) in [6.07, 6.45) is -2.10. The lowest BCUT2D eigenvalue weighted by Crippen LogP contribution is -2.44. The maximum atomic E-state index is 13.1. The quantitative estimate of drug-likeness (QED) is 0.919. The molecule has 21 heavy (non-hydrogen) atoms. The Labute approximate surface area is 124 Å². The fraction of sp³-hybridized carbons (Fsp3) is 0.625. The molecular formula is C16H23F3N2. The van der Waals surface area contributed by atoms with Crippen LogP contribution in [0.4, 0.5) is 13.2 Å². The number of alkyl halides is 3. The molecule has 1 fully saturated rings. The fourth-order valence-electron chi connectivity index (χ4n) is 3.06. The van der Waals surface area contributed by atoms with Crippen LogP contribution in [0.5, 0.6) is 0 Å². The SMILES string of the molecule is CC1CCC(C)N(CC(N)c2ccccc2C(F)(F)F)C1. The van der Waals surface area contributed by atoms with Gasteiger partial charge in [-0.05, 0) is 37.3 Å². The van der Waals surface area contributed by atoms with E-state index in [1.54, 1.807) is 6.07 Å². The Hall–Kier alpha value is -1.07. The minimum atomic E-state index is -4.35. The van der Waals surface area contributed by atoms with Crippen molar-refractivity contribution in [2.45, 2.75) is 44.9 Å². The van der Waals surface area contributed by atoms with E-state index in [9.17, 15) is 13.2 Å². The van der Waals surface area contributed by atoms with Gasteiger partial charge in [0.05, 0.1) is 5.56 Å². The third kappa shape index (κ3) is 3.98. The van der Waals surface area contributed by atoms with E-state index < -0.39 is 17.8 Å². The van der Waals surface area contributed by atoms with Crippen molar-refractivity contribution in [3.63, 3.8) is 0 Å². The minimum absolute atomic E-state index is 0.190. The first-order valence-corrected chi connectivity index (χ1v) is 7.44. The zero-order chi connectivity index (χ0) is 15.6. The van der Waals surface area contributed by atoms with Gasteiger partial charge in [-0.15, -0.1) is 0 Å². The summed E-state index contributed by atoms with van der Waals surface area (Å²) >= 11 is 0. The van der Waals surface area contributed by atoms with E-state index in [1.165, 1.54) is 18.6 Å². The molecule has 0 aliphatic carbocycles. The Bertz CT molecular complexity index is 473. The average molecular weight is 300 g/mol. The zero-order valence-corrected chi connectivity index (χ0v) is 12.5. The van der Waals surface area contributed by atoms with Crippen LogP contribution in [0.25, 0.3) is 0 Å². The first kappa shape index (κ1) is 16.3. The summed E-state index contributed by atoms with van der Waals surface area (Å²) in [6, 6.07) is 5.39. The van der Waals surface area contributed by atoms with Crippen molar-refractivity contribution in [3.8, 4) is 0 Å². The molecule has 1 aliphatic rings. The van der Waals surface area contributed by atoms with Crippen LogP contribution in [0, 0.1) is 5.92 Å². The van der Waals surface area contributed by atoms with Crippen LogP contribution in [-0.2, 0) is 6.18 Å². The van der Waals surface area contributed by atoms with E-state index in [-0.39, 0.29) is 5.56 Å². The average Bonchev–Trinajstić information content (AvgIpc) is 2.42. The van der Waals surface area contributed by atoms with Crippen molar-refractivity contribution in [1.82, 2.24) is 4.90 Å². The largest absolute Gasteiger partial charge is 0.416 e. The van der Waals surface area contributed by atoms with Crippen LogP contribution < -0.4 is 5.73 Å². The van der Waals surface area contributed by atoms with E-state index in [4.69, 9.17) is 5.73 Å². The molecule has 0 spiro atoms. The number of halogens is 3. The topological polar surface area (TPSA) is 29.3 Å². The summed E-state index contributed by atoms with van der Waals surface area (Å²) in [4.78, 5) is 2.21. The minimum Gasteiger partial charge on any atom is -0.323 e. The van der Waals surface area contributed by atoms with Gasteiger partial charge in [0.2, 0.25) is 0 Å². The van der Waals surface area contributed by atoms with Gasteiger partial charge in [0.1, 0.15) is 0 Å². The second-order valence-corrected chi connectivity index (χ2v) is 6.18. The van der Waals surface area contributed by atoms with Gasteiger partial charge in [-0.25, -0.2) is 0 Å². The molecule has 0 saturated carbocycles. The fourth-order valence-corrected chi connectivity index (χ4v) is 3.06. The van der Waals surface area contributed by atoms with Crippen molar-refractivity contribution < 1.29 is 13.2 Å². The lowest BCUT2D eigenvalue weighted by Gasteiger charge is -2.38. The van der Waals surface area contributed by atoms with Gasteiger partial charge in [0, 0.05) is 25.2 Å². The van der Waals surface area contributed by atoms with Crippen LogP contribution in [0.15, 0.2) is 24.3 Å². The van der Waals surface area contributed by atoms with Crippen molar-refractivity contribution >= 4 is 0 Å². The van der Waals surface area contributed by atoms with Crippen LogP contribution in [0.3, 0.4) is 0 Å². The van der Waals surface area contributed by atoms with Gasteiger partial charge in [-0.1, -0.05) is 25.1 Å². The second-order valence-electron chi connectivity index (χ2n) is 6.18. The summed E-state index contributed by atoms with van der Waals surface area (Å²) in [5.41, 5.74) is 5.66. The molecule has 2 nitrogen and oxygen atoms in total. The number of rotatable bonds is 3. The molecular weight excluding hydrogens is 277 g/mol. The van der Waals surface area contributed by atoms with Crippen LogP contribution in [0.2, 0.25) is 0 Å². The van der Waals surface area contributed by atoms with E-state index in [0.717, 1.165) is 19.0 Å². The van der Waals surface area contributed by atoms with Crippen molar-refractivity contribution in [2.24, 2.45) is 11.7 Å². The predicted molar refractivity (Wildman–Crippen MR) is 77.8 cm³/mol. The van der Waals surface area contributed by atoms with Crippen LogP contribution in [0.1, 0.15) is 43.9 Å². The molecule has 118 valence electrons. The normalized spacial score (nSPS) is 25.8. The lowest BCUT2D eigenvalue weighted by atomic mass is 9.93. The van der Waals surface area contributed by atoms with Crippen molar-refractivity contribution in [2.75, 3.05) is 13.1 Å². The molecule has 1 aromatic rings. The van der Waals surface area contributed by atoms with Crippen LogP contribution >= 0.6 is 0 Å². The number of nitrogens with two attached hydrogens (primary N) is 1. The predicted octanol–water partition coefficient (Wildman–Crippen LogP) is 3.83. The van der Waals surface area contributed by atoms with E-state index in [1.807, 2.05) is 0 Å². The van der Waals surface area contributed by atoms with E-state index in [0.29, 0.717) is 18.5 Å². The van der Waals surface area contributed by atoms with Gasteiger partial charge in [0.25, 0.3) is 0 Å². The Morgan fingerprint density at radius 1 is 1.24 bits per heavy atom. The molecule has 1 aliphatic heterocycles. The highest BCUT2D eigenvalue weighted by Gasteiger charge is 2.35. The smallest absolute Gasteiger partial charge is 0.323 e. The maximum Gasteiger partial charge on any atom is 0.416 e. The second kappa shape index (κ2) is 6.36. The highest BCUT2D eigenvalue weighted by molar-refractivity contribution is 5.32. The third-order valence-electron chi connectivity index (χ3n) is 4.34. The number of hydrogen-bond donors (Lipinski definition) is 1. The molecule has 1 aromatic carbocycles. The first-order valence-electron chi connectivity index (χ1n) is 7.44. The monoisotopic (exact) mass is 300 g/mol. The molecule has 0 bridgehead atoms. The summed E-state index contributed by atoms with van der Waals surface area (Å²) in [7, 11) is 0. The molecule has 2 rings (SSSR count). The van der Waals surface area contributed by atoms with E-state index >= 15 is 0 Å². The molecule has 0 amide bonds. The Kier molecular flexibility index (Phi) is 4.94. The Balaban J connectivity index is 2.15. The standard InChI is InChI=1S/C16H23F3N2/c1-11-7-8-12(2)21(9-11)10-15(20)13-5-3-4-6-14(13)16(17,18)19/h3-6,11-12,15H,7-10,20H2,1-2H3. The van der Waals surface area contributed by atoms with Gasteiger partial charge in [0.15, 0.2) is 0 Å². The number of benzene rings is 1. The number of nitrogens with zero attached hydrogens (tertiary/aromatic N) is 1. The number of piperidine rings is 1.